The monoisotopic (exact) mass is 403 g/mol. The van der Waals surface area contributed by atoms with Gasteiger partial charge in [0.05, 0.1) is 6.26 Å². The summed E-state index contributed by atoms with van der Waals surface area (Å²) in [7, 11) is 0. The highest BCUT2D eigenvalue weighted by atomic mass is 79.9. The highest BCUT2D eigenvalue weighted by molar-refractivity contribution is 9.10. The first-order valence-electron chi connectivity index (χ1n) is 8.02. The second-order valence-corrected chi connectivity index (χ2v) is 6.69. The van der Waals surface area contributed by atoms with Gasteiger partial charge in [-0.25, -0.2) is 0 Å². The molecule has 1 aromatic carbocycles. The van der Waals surface area contributed by atoms with E-state index in [4.69, 9.17) is 8.94 Å². The molecule has 0 unspecified atom stereocenters. The molecule has 7 heteroatoms. The van der Waals surface area contributed by atoms with E-state index in [1.165, 1.54) is 6.26 Å². The lowest BCUT2D eigenvalue weighted by molar-refractivity contribution is 0.0882. The Kier molecular flexibility index (Phi) is 5.33. The zero-order chi connectivity index (χ0) is 17.8. The van der Waals surface area contributed by atoms with E-state index in [-0.39, 0.29) is 23.6 Å². The van der Waals surface area contributed by atoms with Gasteiger partial charge in [0.15, 0.2) is 5.76 Å². The second kappa shape index (κ2) is 7.65. The molecule has 0 spiro atoms. The predicted octanol–water partition coefficient (Wildman–Crippen LogP) is 4.61. The molecule has 3 aromatic rings. The molecule has 6 nitrogen and oxygen atoms in total. The lowest BCUT2D eigenvalue weighted by atomic mass is 9.99. The Labute approximate surface area is 153 Å². The van der Waals surface area contributed by atoms with Crippen molar-refractivity contribution in [2.75, 3.05) is 0 Å². The van der Waals surface area contributed by atoms with E-state index in [0.29, 0.717) is 11.7 Å². The van der Waals surface area contributed by atoms with Crippen molar-refractivity contribution in [1.82, 2.24) is 15.5 Å². The largest absolute Gasteiger partial charge is 0.459 e. The van der Waals surface area contributed by atoms with Crippen molar-refractivity contribution >= 4 is 21.8 Å². The lowest BCUT2D eigenvalue weighted by Gasteiger charge is -2.20. The van der Waals surface area contributed by atoms with E-state index >= 15 is 0 Å². The van der Waals surface area contributed by atoms with E-state index in [2.05, 4.69) is 31.4 Å². The zero-order valence-corrected chi connectivity index (χ0v) is 15.5. The quantitative estimate of drug-likeness (QED) is 0.649. The molecule has 2 aromatic heterocycles. The van der Waals surface area contributed by atoms with Crippen LogP contribution in [0.2, 0.25) is 0 Å². The summed E-state index contributed by atoms with van der Waals surface area (Å²) >= 11 is 3.40. The Balaban J connectivity index is 1.84. The maximum Gasteiger partial charge on any atom is 0.287 e. The van der Waals surface area contributed by atoms with Gasteiger partial charge in [0.2, 0.25) is 11.7 Å². The topological polar surface area (TPSA) is 81.2 Å². The molecule has 3 rings (SSSR count). The zero-order valence-electron chi connectivity index (χ0n) is 13.9. The van der Waals surface area contributed by atoms with Crippen molar-refractivity contribution in [1.29, 1.82) is 0 Å². The summed E-state index contributed by atoms with van der Waals surface area (Å²) in [5.41, 5.74) is 0.846. The molecule has 1 amide bonds. The highest BCUT2D eigenvalue weighted by Crippen LogP contribution is 2.26. The van der Waals surface area contributed by atoms with Crippen LogP contribution in [0.3, 0.4) is 0 Å². The second-order valence-electron chi connectivity index (χ2n) is 5.78. The van der Waals surface area contributed by atoms with Crippen molar-refractivity contribution in [3.63, 3.8) is 0 Å². The third-order valence-corrected chi connectivity index (χ3v) is 4.58. The van der Waals surface area contributed by atoms with Crippen LogP contribution in [0.4, 0.5) is 0 Å². The van der Waals surface area contributed by atoms with Crippen LogP contribution in [0.25, 0.3) is 11.4 Å². The Morgan fingerprint density at radius 1 is 1.28 bits per heavy atom. The van der Waals surface area contributed by atoms with Gasteiger partial charge in [0.25, 0.3) is 5.91 Å². The van der Waals surface area contributed by atoms with Crippen LogP contribution in [0.15, 0.2) is 56.1 Å². The molecule has 0 saturated carbocycles. The summed E-state index contributed by atoms with van der Waals surface area (Å²) in [5.74, 6) is 0.937. The minimum atomic E-state index is -0.390. The Hall–Kier alpha value is -2.41. The number of aromatic nitrogens is 2. The van der Waals surface area contributed by atoms with E-state index in [9.17, 15) is 4.79 Å². The van der Waals surface area contributed by atoms with Crippen molar-refractivity contribution in [3.8, 4) is 11.4 Å². The molecule has 130 valence electrons. The van der Waals surface area contributed by atoms with E-state index < -0.39 is 0 Å². The van der Waals surface area contributed by atoms with Crippen LogP contribution in [-0.2, 0) is 0 Å². The van der Waals surface area contributed by atoms with E-state index in [1.54, 1.807) is 12.1 Å². The first kappa shape index (κ1) is 17.4. The van der Waals surface area contributed by atoms with E-state index in [1.807, 2.05) is 38.1 Å². The molecule has 0 aliphatic carbocycles. The van der Waals surface area contributed by atoms with Crippen LogP contribution >= 0.6 is 15.9 Å². The molecular weight excluding hydrogens is 386 g/mol. The summed E-state index contributed by atoms with van der Waals surface area (Å²) in [6.45, 7) is 4.07. The maximum absolute atomic E-state index is 12.3. The third-order valence-electron chi connectivity index (χ3n) is 4.05. The fourth-order valence-electron chi connectivity index (χ4n) is 2.38. The van der Waals surface area contributed by atoms with Crippen LogP contribution in [0, 0.1) is 5.92 Å². The van der Waals surface area contributed by atoms with Gasteiger partial charge in [-0.15, -0.1) is 0 Å². The number of nitrogens with one attached hydrogen (secondary N) is 1. The normalized spacial score (nSPS) is 13.4. The fraction of sp³-hybridized carbons (Fsp3) is 0.278. The molecule has 0 fully saturated rings. The molecule has 0 bridgehead atoms. The van der Waals surface area contributed by atoms with Gasteiger partial charge < -0.3 is 14.3 Å². The van der Waals surface area contributed by atoms with Crippen LogP contribution < -0.4 is 5.32 Å². The minimum absolute atomic E-state index is 0.122. The van der Waals surface area contributed by atoms with Crippen LogP contribution in [0.5, 0.6) is 0 Å². The van der Waals surface area contributed by atoms with Gasteiger partial charge in [0, 0.05) is 10.0 Å². The molecule has 2 atom stereocenters. The number of hydrogen-bond acceptors (Lipinski definition) is 5. The molecule has 1 N–H and O–H groups in total. The van der Waals surface area contributed by atoms with Gasteiger partial charge in [0.1, 0.15) is 6.04 Å². The number of rotatable bonds is 6. The van der Waals surface area contributed by atoms with Gasteiger partial charge in [-0.2, -0.15) is 4.98 Å². The number of carbonyl (C=O) groups excluding carboxylic acids is 1. The standard InChI is InChI=1S/C18H18BrN3O3/c1-3-11(2)15(20-17(23)14-5-4-10-24-14)18-21-16(22-25-18)12-6-8-13(19)9-7-12/h4-11,15H,3H2,1-2H3,(H,20,23)/t11-,15+/m1/s1. The van der Waals surface area contributed by atoms with Gasteiger partial charge >= 0.3 is 0 Å². The summed E-state index contributed by atoms with van der Waals surface area (Å²) in [4.78, 5) is 16.8. The predicted molar refractivity (Wildman–Crippen MR) is 95.8 cm³/mol. The number of halogens is 1. The average molecular weight is 404 g/mol. The Bertz CT molecular complexity index is 828. The molecule has 0 aliphatic rings. The maximum atomic E-state index is 12.3. The number of nitrogens with zero attached hydrogens (tertiary/aromatic N) is 2. The molecular formula is C18H18BrN3O3. The summed E-state index contributed by atoms with van der Waals surface area (Å²) in [5, 5.41) is 6.97. The van der Waals surface area contributed by atoms with Gasteiger partial charge in [-0.05, 0) is 42.3 Å². The lowest BCUT2D eigenvalue weighted by Crippen LogP contribution is -2.32. The molecule has 2 heterocycles. The van der Waals surface area contributed by atoms with E-state index in [0.717, 1.165) is 16.5 Å². The van der Waals surface area contributed by atoms with Crippen molar-refractivity contribution in [2.45, 2.75) is 26.3 Å². The average Bonchev–Trinajstić information content (AvgIpc) is 3.31. The van der Waals surface area contributed by atoms with Crippen molar-refractivity contribution in [2.24, 2.45) is 5.92 Å². The molecule has 0 radical (unpaired) electrons. The van der Waals surface area contributed by atoms with Gasteiger partial charge in [-0.3, -0.25) is 4.79 Å². The van der Waals surface area contributed by atoms with Crippen molar-refractivity contribution in [3.05, 3.63) is 58.8 Å². The van der Waals surface area contributed by atoms with Gasteiger partial charge in [-0.1, -0.05) is 41.4 Å². The smallest absolute Gasteiger partial charge is 0.287 e. The number of furan rings is 1. The first-order valence-corrected chi connectivity index (χ1v) is 8.81. The Morgan fingerprint density at radius 2 is 2.04 bits per heavy atom. The fourth-order valence-corrected chi connectivity index (χ4v) is 2.65. The highest BCUT2D eigenvalue weighted by Gasteiger charge is 2.27. The number of carbonyl (C=O) groups is 1. The summed E-state index contributed by atoms with van der Waals surface area (Å²) < 4.78 is 11.6. The van der Waals surface area contributed by atoms with Crippen molar-refractivity contribution < 1.29 is 13.7 Å². The number of amides is 1. The number of hydrogen-bond donors (Lipinski definition) is 1. The molecule has 25 heavy (non-hydrogen) atoms. The minimum Gasteiger partial charge on any atom is -0.459 e. The first-order chi connectivity index (χ1) is 12.1. The Morgan fingerprint density at radius 3 is 2.68 bits per heavy atom. The summed E-state index contributed by atoms with van der Waals surface area (Å²) in [6.07, 6.45) is 2.31. The summed E-state index contributed by atoms with van der Waals surface area (Å²) in [6, 6.07) is 10.5. The van der Waals surface area contributed by atoms with Crippen LogP contribution in [0.1, 0.15) is 42.8 Å². The molecule has 0 aliphatic heterocycles. The third kappa shape index (κ3) is 3.99. The molecule has 0 saturated heterocycles. The SMILES string of the molecule is CC[C@@H](C)[C@H](NC(=O)c1ccco1)c1nc(-c2ccc(Br)cc2)no1. The van der Waals surface area contributed by atoms with Crippen LogP contribution in [-0.4, -0.2) is 16.0 Å². The number of benzene rings is 1.